The van der Waals surface area contributed by atoms with Crippen LogP contribution in [-0.2, 0) is 22.5 Å². The summed E-state index contributed by atoms with van der Waals surface area (Å²) in [5.74, 6) is 1.24. The Bertz CT molecular complexity index is 1130. The quantitative estimate of drug-likeness (QED) is 0.687. The molecule has 2 amide bonds. The Kier molecular flexibility index (Phi) is 7.42. The van der Waals surface area contributed by atoms with Crippen LogP contribution in [0.25, 0.3) is 11.1 Å². The first-order chi connectivity index (χ1) is 15.8. The molecule has 0 saturated heterocycles. The molecule has 0 spiro atoms. The molecule has 3 rings (SSSR count). The second kappa shape index (κ2) is 10.2. The Labute approximate surface area is 192 Å². The number of fused-ring (bicyclic) bond motifs is 3. The molecule has 9 nitrogen and oxygen atoms in total. The summed E-state index contributed by atoms with van der Waals surface area (Å²) < 4.78 is 21.4. The fraction of sp³-hybridized carbons (Fsp3) is 0.375. The summed E-state index contributed by atoms with van der Waals surface area (Å²) in [5.41, 5.74) is 3.18. The van der Waals surface area contributed by atoms with Gasteiger partial charge in [0.1, 0.15) is 0 Å². The number of amides is 2. The van der Waals surface area contributed by atoms with Crippen molar-refractivity contribution in [2.24, 2.45) is 0 Å². The van der Waals surface area contributed by atoms with Crippen LogP contribution in [0.2, 0.25) is 0 Å². The van der Waals surface area contributed by atoms with Crippen molar-refractivity contribution in [3.05, 3.63) is 51.2 Å². The number of ether oxygens (including phenoxy) is 4. The van der Waals surface area contributed by atoms with Crippen molar-refractivity contribution in [1.82, 2.24) is 10.6 Å². The van der Waals surface area contributed by atoms with Crippen LogP contribution in [0.5, 0.6) is 17.2 Å². The van der Waals surface area contributed by atoms with Gasteiger partial charge in [-0.3, -0.25) is 9.59 Å². The van der Waals surface area contributed by atoms with Gasteiger partial charge < -0.3 is 29.6 Å². The first-order valence-corrected chi connectivity index (χ1v) is 10.4. The van der Waals surface area contributed by atoms with Gasteiger partial charge in [-0.2, -0.15) is 0 Å². The van der Waals surface area contributed by atoms with E-state index in [1.807, 2.05) is 6.07 Å². The van der Waals surface area contributed by atoms with Gasteiger partial charge in [0.2, 0.25) is 11.7 Å². The highest BCUT2D eigenvalue weighted by Crippen LogP contribution is 2.50. The zero-order valence-electron chi connectivity index (χ0n) is 19.4. The highest BCUT2D eigenvalue weighted by molar-refractivity contribution is 5.83. The van der Waals surface area contributed by atoms with E-state index in [9.17, 15) is 14.4 Å². The molecule has 0 bridgehead atoms. The standard InChI is InChI=1S/C24H28N2O7/c1-13(27)26-18-9-7-14-10-20(30-2)22(31-3)23(32-4)21(14)16-8-6-15(12-25-24(29)33-5)19(28)11-17(16)18/h6,8,10-11,18H,7,9,12H2,1-5H3,(H,25,29)(H,26,27)/t18-/m0/s1. The smallest absolute Gasteiger partial charge is 0.407 e. The Balaban J connectivity index is 2.30. The highest BCUT2D eigenvalue weighted by Gasteiger charge is 2.29. The highest BCUT2D eigenvalue weighted by atomic mass is 16.5. The van der Waals surface area contributed by atoms with Crippen LogP contribution in [0.1, 0.15) is 36.1 Å². The van der Waals surface area contributed by atoms with Crippen molar-refractivity contribution in [2.45, 2.75) is 32.4 Å². The summed E-state index contributed by atoms with van der Waals surface area (Å²) in [7, 11) is 5.88. The Hall–Kier alpha value is -3.75. The maximum Gasteiger partial charge on any atom is 0.407 e. The minimum atomic E-state index is -0.637. The Morgan fingerprint density at radius 2 is 1.76 bits per heavy atom. The van der Waals surface area contributed by atoms with Crippen LogP contribution in [0.3, 0.4) is 0 Å². The van der Waals surface area contributed by atoms with Crippen molar-refractivity contribution in [1.29, 1.82) is 0 Å². The number of methoxy groups -OCH3 is 4. The van der Waals surface area contributed by atoms with E-state index in [-0.39, 0.29) is 17.9 Å². The van der Waals surface area contributed by atoms with Gasteiger partial charge >= 0.3 is 6.09 Å². The zero-order chi connectivity index (χ0) is 24.1. The lowest BCUT2D eigenvalue weighted by Crippen LogP contribution is -2.27. The monoisotopic (exact) mass is 456 g/mol. The number of hydrogen-bond acceptors (Lipinski definition) is 7. The molecular formula is C24H28N2O7. The number of benzene rings is 1. The second-order valence-electron chi connectivity index (χ2n) is 7.55. The molecule has 0 saturated carbocycles. The number of rotatable bonds is 6. The SMILES string of the molecule is COC(=O)NCc1ccc2c(cc1=O)[C@@H](NC(C)=O)CCc1cc(OC)c(OC)c(OC)c1-2. The lowest BCUT2D eigenvalue weighted by Gasteiger charge is -2.19. The number of nitrogens with one attached hydrogen (secondary N) is 2. The summed E-state index contributed by atoms with van der Waals surface area (Å²) in [6.45, 7) is 1.44. The van der Waals surface area contributed by atoms with Crippen LogP contribution in [0, 0.1) is 0 Å². The van der Waals surface area contributed by atoms with Gasteiger partial charge in [-0.05, 0) is 41.7 Å². The maximum absolute atomic E-state index is 13.0. The largest absolute Gasteiger partial charge is 0.493 e. The van der Waals surface area contributed by atoms with Gasteiger partial charge in [0.05, 0.1) is 34.5 Å². The molecular weight excluding hydrogens is 428 g/mol. The summed E-state index contributed by atoms with van der Waals surface area (Å²) in [6.07, 6.45) is 0.542. The third-order valence-corrected chi connectivity index (χ3v) is 5.61. The zero-order valence-corrected chi connectivity index (χ0v) is 19.4. The van der Waals surface area contributed by atoms with Crippen LogP contribution in [0.15, 0.2) is 29.1 Å². The summed E-state index contributed by atoms with van der Waals surface area (Å²) in [4.78, 5) is 36.5. The van der Waals surface area contributed by atoms with E-state index in [4.69, 9.17) is 14.2 Å². The van der Waals surface area contributed by atoms with Gasteiger partial charge in [0.25, 0.3) is 0 Å². The second-order valence-corrected chi connectivity index (χ2v) is 7.55. The van der Waals surface area contributed by atoms with Crippen molar-refractivity contribution in [3.63, 3.8) is 0 Å². The van der Waals surface area contributed by atoms with Crippen LogP contribution in [0.4, 0.5) is 4.79 Å². The first-order valence-electron chi connectivity index (χ1n) is 10.4. The molecule has 33 heavy (non-hydrogen) atoms. The molecule has 2 N–H and O–H groups in total. The fourth-order valence-electron chi connectivity index (χ4n) is 4.13. The predicted octanol–water partition coefficient (Wildman–Crippen LogP) is 2.72. The number of aryl methyl sites for hydroxylation is 1. The predicted molar refractivity (Wildman–Crippen MR) is 122 cm³/mol. The molecule has 9 heteroatoms. The van der Waals surface area contributed by atoms with Gasteiger partial charge in [-0.25, -0.2) is 4.79 Å². The van der Waals surface area contributed by atoms with Crippen molar-refractivity contribution >= 4 is 12.0 Å². The van der Waals surface area contributed by atoms with Crippen LogP contribution < -0.4 is 30.3 Å². The first kappa shape index (κ1) is 23.9. The number of hydrogen-bond donors (Lipinski definition) is 2. The Morgan fingerprint density at radius 1 is 1.03 bits per heavy atom. The fourth-order valence-corrected chi connectivity index (χ4v) is 4.13. The molecule has 1 aliphatic rings. The Morgan fingerprint density at radius 3 is 2.36 bits per heavy atom. The van der Waals surface area contributed by atoms with E-state index in [0.29, 0.717) is 41.2 Å². The van der Waals surface area contributed by atoms with E-state index in [0.717, 1.165) is 16.7 Å². The van der Waals surface area contributed by atoms with E-state index in [2.05, 4.69) is 15.4 Å². The third kappa shape index (κ3) is 4.87. The third-order valence-electron chi connectivity index (χ3n) is 5.61. The molecule has 1 aliphatic carbocycles. The minimum absolute atomic E-state index is 0.000202. The summed E-state index contributed by atoms with van der Waals surface area (Å²) in [5, 5.41) is 5.49. The molecule has 2 aromatic rings. The average Bonchev–Trinajstić information content (AvgIpc) is 3.04. The van der Waals surface area contributed by atoms with Crippen LogP contribution in [-0.4, -0.2) is 40.4 Å². The van der Waals surface area contributed by atoms with Gasteiger partial charge in [-0.1, -0.05) is 12.1 Å². The molecule has 176 valence electrons. The van der Waals surface area contributed by atoms with E-state index in [1.54, 1.807) is 26.4 Å². The number of carbonyl (C=O) groups excluding carboxylic acids is 2. The van der Waals surface area contributed by atoms with Crippen molar-refractivity contribution in [2.75, 3.05) is 28.4 Å². The van der Waals surface area contributed by atoms with Crippen molar-refractivity contribution < 1.29 is 28.5 Å². The summed E-state index contributed by atoms with van der Waals surface area (Å²) >= 11 is 0. The number of alkyl carbamates (subject to hydrolysis) is 1. The number of carbonyl (C=O) groups is 2. The van der Waals surface area contributed by atoms with Gasteiger partial charge in [-0.15, -0.1) is 0 Å². The van der Waals surface area contributed by atoms with Gasteiger partial charge in [0, 0.05) is 24.6 Å². The molecule has 0 heterocycles. The van der Waals surface area contributed by atoms with E-state index < -0.39 is 12.1 Å². The van der Waals surface area contributed by atoms with E-state index in [1.165, 1.54) is 27.2 Å². The molecule has 0 unspecified atom stereocenters. The molecule has 0 radical (unpaired) electrons. The van der Waals surface area contributed by atoms with Gasteiger partial charge in [0.15, 0.2) is 16.9 Å². The van der Waals surface area contributed by atoms with Crippen LogP contribution >= 0.6 is 0 Å². The maximum atomic E-state index is 13.0. The lowest BCUT2D eigenvalue weighted by molar-refractivity contribution is -0.119. The minimum Gasteiger partial charge on any atom is -0.493 e. The molecule has 1 atom stereocenters. The topological polar surface area (TPSA) is 112 Å². The molecule has 0 fully saturated rings. The molecule has 0 aliphatic heterocycles. The lowest BCUT2D eigenvalue weighted by atomic mass is 9.95. The average molecular weight is 456 g/mol. The van der Waals surface area contributed by atoms with E-state index >= 15 is 0 Å². The summed E-state index contributed by atoms with van der Waals surface area (Å²) in [6, 6.07) is 6.47. The molecule has 2 aromatic carbocycles. The molecule has 0 aromatic heterocycles. The van der Waals surface area contributed by atoms with Crippen molar-refractivity contribution in [3.8, 4) is 28.4 Å². The normalized spacial score (nSPS) is 14.2.